The molecule has 4 heteroatoms. The van der Waals surface area contributed by atoms with Crippen LogP contribution in [-0.4, -0.2) is 49.7 Å². The van der Waals surface area contributed by atoms with Gasteiger partial charge in [-0.1, -0.05) is 0 Å². The van der Waals surface area contributed by atoms with Crippen LogP contribution in [-0.2, 0) is 9.53 Å². The molecule has 1 fully saturated rings. The summed E-state index contributed by atoms with van der Waals surface area (Å²) < 4.78 is 5.33. The number of hydrogen-bond acceptors (Lipinski definition) is 3. The largest absolute Gasteiger partial charge is 0.380 e. The van der Waals surface area contributed by atoms with Crippen molar-refractivity contribution in [2.24, 2.45) is 0 Å². The molecule has 1 unspecified atom stereocenters. The van der Waals surface area contributed by atoms with Crippen molar-refractivity contribution in [2.75, 3.05) is 26.8 Å². The van der Waals surface area contributed by atoms with Crippen LogP contribution in [0.5, 0.6) is 0 Å². The van der Waals surface area contributed by atoms with Gasteiger partial charge in [0, 0.05) is 25.7 Å². The summed E-state index contributed by atoms with van der Waals surface area (Å²) in [6, 6.07) is 0.616. The van der Waals surface area contributed by atoms with E-state index in [1.165, 1.54) is 0 Å². The summed E-state index contributed by atoms with van der Waals surface area (Å²) in [7, 11) is 1.84. The molecular weight excluding hydrogens is 192 g/mol. The molecule has 1 amide bonds. The van der Waals surface area contributed by atoms with Gasteiger partial charge in [-0.2, -0.15) is 0 Å². The molecule has 0 aromatic rings. The Bertz CT molecular complexity index is 201. The van der Waals surface area contributed by atoms with Gasteiger partial charge in [0.05, 0.1) is 13.2 Å². The smallest absolute Gasteiger partial charge is 0.236 e. The quantitative estimate of drug-likeness (QED) is 0.746. The first-order valence-corrected chi connectivity index (χ1v) is 5.68. The van der Waals surface area contributed by atoms with Crippen LogP contribution in [0.25, 0.3) is 0 Å². The second-order valence-corrected chi connectivity index (χ2v) is 4.39. The molecule has 1 aliphatic heterocycles. The number of carbonyl (C=O) groups excluding carboxylic acids is 1. The van der Waals surface area contributed by atoms with Gasteiger partial charge >= 0.3 is 0 Å². The minimum absolute atomic E-state index is 0.149. The molecule has 1 saturated heterocycles. The van der Waals surface area contributed by atoms with E-state index in [0.717, 1.165) is 26.1 Å². The van der Waals surface area contributed by atoms with E-state index in [1.807, 2.05) is 20.9 Å². The van der Waals surface area contributed by atoms with Gasteiger partial charge in [0.2, 0.25) is 5.91 Å². The summed E-state index contributed by atoms with van der Waals surface area (Å²) in [6.45, 7) is 6.04. The molecule has 0 saturated carbocycles. The van der Waals surface area contributed by atoms with Gasteiger partial charge in [0.25, 0.3) is 0 Å². The van der Waals surface area contributed by atoms with Crippen molar-refractivity contribution in [3.05, 3.63) is 0 Å². The number of hydrogen-bond donors (Lipinski definition) is 1. The van der Waals surface area contributed by atoms with Crippen molar-refractivity contribution < 1.29 is 9.53 Å². The first kappa shape index (κ1) is 12.5. The molecule has 0 aliphatic carbocycles. The second-order valence-electron chi connectivity index (χ2n) is 4.39. The molecular formula is C11H22N2O2. The first-order valence-electron chi connectivity index (χ1n) is 5.68. The molecule has 1 atom stereocenters. The lowest BCUT2D eigenvalue weighted by molar-refractivity contribution is -0.130. The fraction of sp³-hybridized carbons (Fsp3) is 0.909. The van der Waals surface area contributed by atoms with E-state index in [2.05, 4.69) is 5.32 Å². The van der Waals surface area contributed by atoms with Crippen LogP contribution in [0.1, 0.15) is 26.7 Å². The van der Waals surface area contributed by atoms with Crippen molar-refractivity contribution in [3.8, 4) is 0 Å². The van der Waals surface area contributed by atoms with Crippen molar-refractivity contribution >= 4 is 5.91 Å². The summed E-state index contributed by atoms with van der Waals surface area (Å²) in [5.41, 5.74) is 0. The molecule has 1 aliphatic rings. The van der Waals surface area contributed by atoms with Gasteiger partial charge in [0.15, 0.2) is 0 Å². The third kappa shape index (κ3) is 4.18. The summed E-state index contributed by atoms with van der Waals surface area (Å²) in [4.78, 5) is 13.4. The predicted molar refractivity (Wildman–Crippen MR) is 59.7 cm³/mol. The zero-order valence-corrected chi connectivity index (χ0v) is 9.95. The maximum Gasteiger partial charge on any atom is 0.236 e. The van der Waals surface area contributed by atoms with Gasteiger partial charge in [-0.3, -0.25) is 4.79 Å². The Labute approximate surface area is 92.0 Å². The molecule has 0 bridgehead atoms. The highest BCUT2D eigenvalue weighted by Gasteiger charge is 2.16. The first-order chi connectivity index (χ1) is 7.11. The van der Waals surface area contributed by atoms with E-state index in [1.54, 1.807) is 4.90 Å². The number of ether oxygens (including phenoxy) is 1. The molecule has 0 aromatic heterocycles. The van der Waals surface area contributed by atoms with E-state index in [9.17, 15) is 4.79 Å². The summed E-state index contributed by atoms with van der Waals surface area (Å²) >= 11 is 0. The predicted octanol–water partition coefficient (Wildman–Crippen LogP) is 0.622. The van der Waals surface area contributed by atoms with Crippen molar-refractivity contribution in [1.29, 1.82) is 0 Å². The molecule has 1 rings (SSSR count). The van der Waals surface area contributed by atoms with E-state index < -0.39 is 0 Å². The fourth-order valence-corrected chi connectivity index (χ4v) is 1.55. The lowest BCUT2D eigenvalue weighted by atomic mass is 10.1. The number of nitrogens with one attached hydrogen (secondary N) is 1. The third-order valence-electron chi connectivity index (χ3n) is 2.87. The molecule has 88 valence electrons. The minimum atomic E-state index is 0.149. The Hall–Kier alpha value is -0.610. The number of nitrogens with zero attached hydrogens (tertiary/aromatic N) is 1. The highest BCUT2D eigenvalue weighted by Crippen LogP contribution is 2.05. The third-order valence-corrected chi connectivity index (χ3v) is 2.87. The standard InChI is InChI=1S/C11H22N2O2/c1-9(2)13(3)11(14)7-12-10-5-4-6-15-8-10/h9-10,12H,4-8H2,1-3H3. The average Bonchev–Trinajstić information content (AvgIpc) is 2.26. The van der Waals surface area contributed by atoms with Gasteiger partial charge in [-0.15, -0.1) is 0 Å². The number of rotatable bonds is 4. The number of carbonyl (C=O) groups is 1. The Morgan fingerprint density at radius 2 is 2.33 bits per heavy atom. The molecule has 1 N–H and O–H groups in total. The SMILES string of the molecule is CC(C)N(C)C(=O)CNC1CCCOC1. The second kappa shape index (κ2) is 6.08. The Balaban J connectivity index is 2.20. The number of likely N-dealkylation sites (N-methyl/N-ethyl adjacent to an activating group) is 1. The van der Waals surface area contributed by atoms with E-state index in [-0.39, 0.29) is 11.9 Å². The average molecular weight is 214 g/mol. The van der Waals surface area contributed by atoms with Crippen LogP contribution in [0.2, 0.25) is 0 Å². The minimum Gasteiger partial charge on any atom is -0.380 e. The fourth-order valence-electron chi connectivity index (χ4n) is 1.55. The molecule has 0 spiro atoms. The van der Waals surface area contributed by atoms with Gasteiger partial charge in [0.1, 0.15) is 0 Å². The van der Waals surface area contributed by atoms with E-state index in [4.69, 9.17) is 4.74 Å². The summed E-state index contributed by atoms with van der Waals surface area (Å²) in [6.07, 6.45) is 2.20. The highest BCUT2D eigenvalue weighted by molar-refractivity contribution is 5.78. The maximum absolute atomic E-state index is 11.6. The summed E-state index contributed by atoms with van der Waals surface area (Å²) in [5, 5.41) is 3.24. The van der Waals surface area contributed by atoms with Crippen LogP contribution in [0.4, 0.5) is 0 Å². The molecule has 1 heterocycles. The van der Waals surface area contributed by atoms with Gasteiger partial charge in [-0.05, 0) is 26.7 Å². The van der Waals surface area contributed by atoms with Crippen molar-refractivity contribution in [1.82, 2.24) is 10.2 Å². The molecule has 4 nitrogen and oxygen atoms in total. The van der Waals surface area contributed by atoms with Crippen LogP contribution >= 0.6 is 0 Å². The van der Waals surface area contributed by atoms with Crippen LogP contribution in [0.15, 0.2) is 0 Å². The maximum atomic E-state index is 11.6. The monoisotopic (exact) mass is 214 g/mol. The van der Waals surface area contributed by atoms with Crippen LogP contribution in [0, 0.1) is 0 Å². The number of amides is 1. The van der Waals surface area contributed by atoms with E-state index in [0.29, 0.717) is 12.6 Å². The van der Waals surface area contributed by atoms with Gasteiger partial charge < -0.3 is 15.0 Å². The van der Waals surface area contributed by atoms with Gasteiger partial charge in [-0.25, -0.2) is 0 Å². The zero-order chi connectivity index (χ0) is 11.3. The zero-order valence-electron chi connectivity index (χ0n) is 9.95. The van der Waals surface area contributed by atoms with Crippen LogP contribution in [0.3, 0.4) is 0 Å². The van der Waals surface area contributed by atoms with E-state index >= 15 is 0 Å². The van der Waals surface area contributed by atoms with Crippen LogP contribution < -0.4 is 5.32 Å². The Morgan fingerprint density at radius 3 is 2.87 bits per heavy atom. The summed E-state index contributed by atoms with van der Waals surface area (Å²) in [5.74, 6) is 0.149. The highest BCUT2D eigenvalue weighted by atomic mass is 16.5. The lowest BCUT2D eigenvalue weighted by Crippen LogP contribution is -2.45. The lowest BCUT2D eigenvalue weighted by Gasteiger charge is -2.26. The topological polar surface area (TPSA) is 41.6 Å². The normalized spacial score (nSPS) is 21.7. The molecule has 15 heavy (non-hydrogen) atoms. The Morgan fingerprint density at radius 1 is 1.60 bits per heavy atom. The molecule has 0 aromatic carbocycles. The molecule has 0 radical (unpaired) electrons. The van der Waals surface area contributed by atoms with Crippen molar-refractivity contribution in [2.45, 2.75) is 38.8 Å². The van der Waals surface area contributed by atoms with Crippen molar-refractivity contribution in [3.63, 3.8) is 0 Å². The Kier molecular flexibility index (Phi) is 5.05.